The van der Waals surface area contributed by atoms with Crippen LogP contribution in [0.3, 0.4) is 0 Å². The summed E-state index contributed by atoms with van der Waals surface area (Å²) in [6, 6.07) is 7.43. The first-order valence-electron chi connectivity index (χ1n) is 3.16. The second-order valence-electron chi connectivity index (χ2n) is 2.09. The van der Waals surface area contributed by atoms with Gasteiger partial charge in [-0.15, -0.1) is 6.61 Å². The minimum atomic E-state index is -0.141. The van der Waals surface area contributed by atoms with E-state index in [1.54, 1.807) is 6.08 Å². The van der Waals surface area contributed by atoms with Crippen molar-refractivity contribution in [3.8, 4) is 0 Å². The van der Waals surface area contributed by atoms with Gasteiger partial charge in [0.2, 0.25) is 0 Å². The number of hydrogen-bond acceptors (Lipinski definition) is 1. The molecule has 2 heteroatoms. The Morgan fingerprint density at radius 3 is 2.18 bits per heavy atom. The van der Waals surface area contributed by atoms with E-state index in [4.69, 9.17) is 0 Å². The molecule has 1 rings (SSSR count). The van der Waals surface area contributed by atoms with Crippen LogP contribution in [0.2, 0.25) is 0 Å². The average molecular weight is 172 g/mol. The Labute approximate surface area is 110 Å². The number of hydrogen-bond donors (Lipinski definition) is 0. The summed E-state index contributed by atoms with van der Waals surface area (Å²) in [6.07, 6.45) is 1.76. The van der Waals surface area contributed by atoms with E-state index in [1.807, 2.05) is 24.3 Å². The predicted octanol–water partition coefficient (Wildman–Crippen LogP) is -1.81. The van der Waals surface area contributed by atoms with Crippen LogP contribution < -0.4 is 56.5 Å². The Bertz CT molecular complexity index is 216. The third kappa shape index (κ3) is 3.65. The summed E-state index contributed by atoms with van der Waals surface area (Å²) in [4.78, 5) is 0. The zero-order valence-corrected chi connectivity index (χ0v) is 9.83. The monoisotopic (exact) mass is 172 g/mol. The molecule has 0 saturated heterocycles. The van der Waals surface area contributed by atoms with E-state index in [0.29, 0.717) is 0 Å². The largest absolute Gasteiger partial charge is 1.00 e. The van der Waals surface area contributed by atoms with E-state index in [0.717, 1.165) is 11.1 Å². The van der Waals surface area contributed by atoms with Crippen LogP contribution in [0, 0.1) is 0 Å². The van der Waals surface area contributed by atoms with E-state index in [9.17, 15) is 5.11 Å². The molecule has 0 bridgehead atoms. The van der Waals surface area contributed by atoms with Gasteiger partial charge in [0.25, 0.3) is 0 Å². The van der Waals surface area contributed by atoms with Gasteiger partial charge in [0.15, 0.2) is 0 Å². The first-order valence-corrected chi connectivity index (χ1v) is 3.16. The standard InChI is InChI=1S/C9H9O.K/c1-2-8-3-5-9(7-10)6-4-8;/h2-6H,1,7H2;/q-1;+1. The Balaban J connectivity index is 0.000001000. The van der Waals surface area contributed by atoms with Crippen molar-refractivity contribution in [1.82, 2.24) is 0 Å². The normalized spacial score (nSPS) is 8.45. The Kier molecular flexibility index (Phi) is 6.42. The van der Waals surface area contributed by atoms with Crippen LogP contribution in [0.4, 0.5) is 0 Å². The molecular formula is C9H9KO. The molecule has 0 aliphatic rings. The molecule has 1 nitrogen and oxygen atoms in total. The molecule has 1 aromatic carbocycles. The molecule has 0 fully saturated rings. The van der Waals surface area contributed by atoms with E-state index in [-0.39, 0.29) is 58.0 Å². The SMILES string of the molecule is C=Cc1ccc(C[O-])cc1.[K+]. The molecule has 52 valence electrons. The summed E-state index contributed by atoms with van der Waals surface area (Å²) in [5.74, 6) is 0. The molecule has 0 aliphatic heterocycles. The first kappa shape index (κ1) is 11.6. The van der Waals surface area contributed by atoms with Crippen LogP contribution in [0.15, 0.2) is 30.8 Å². The van der Waals surface area contributed by atoms with Crippen molar-refractivity contribution in [3.05, 3.63) is 42.0 Å². The van der Waals surface area contributed by atoms with Crippen LogP contribution in [0.5, 0.6) is 0 Å². The fraction of sp³-hybridized carbons (Fsp3) is 0.111. The molecule has 0 unspecified atom stereocenters. The average Bonchev–Trinajstić information content (AvgIpc) is 2.05. The van der Waals surface area contributed by atoms with Crippen molar-refractivity contribution < 1.29 is 56.5 Å². The van der Waals surface area contributed by atoms with Crippen molar-refractivity contribution >= 4 is 6.08 Å². The molecule has 0 amide bonds. The first-order chi connectivity index (χ1) is 4.86. The zero-order chi connectivity index (χ0) is 7.40. The molecule has 1 aromatic rings. The van der Waals surface area contributed by atoms with E-state index in [1.165, 1.54) is 0 Å². The second-order valence-corrected chi connectivity index (χ2v) is 2.09. The van der Waals surface area contributed by atoms with Gasteiger partial charge in [-0.1, -0.05) is 42.5 Å². The van der Waals surface area contributed by atoms with Crippen LogP contribution in [0.1, 0.15) is 11.1 Å². The molecule has 0 aliphatic carbocycles. The predicted molar refractivity (Wildman–Crippen MR) is 40.2 cm³/mol. The summed E-state index contributed by atoms with van der Waals surface area (Å²) in [6.45, 7) is 3.47. The van der Waals surface area contributed by atoms with Crippen molar-refractivity contribution in [2.75, 3.05) is 0 Å². The van der Waals surface area contributed by atoms with Crippen LogP contribution >= 0.6 is 0 Å². The van der Waals surface area contributed by atoms with Crippen molar-refractivity contribution in [3.63, 3.8) is 0 Å². The summed E-state index contributed by atoms with van der Waals surface area (Å²) in [7, 11) is 0. The van der Waals surface area contributed by atoms with Crippen LogP contribution in [-0.2, 0) is 6.61 Å². The van der Waals surface area contributed by atoms with Gasteiger partial charge in [-0.2, -0.15) is 0 Å². The third-order valence-electron chi connectivity index (χ3n) is 1.38. The van der Waals surface area contributed by atoms with E-state index in [2.05, 4.69) is 6.58 Å². The minimum absolute atomic E-state index is 0. The number of rotatable bonds is 2. The molecule has 0 N–H and O–H groups in total. The Morgan fingerprint density at radius 2 is 1.82 bits per heavy atom. The Hall–Kier alpha value is 0.556. The fourth-order valence-corrected chi connectivity index (χ4v) is 0.750. The number of benzene rings is 1. The summed E-state index contributed by atoms with van der Waals surface area (Å²) in [5, 5.41) is 10.3. The van der Waals surface area contributed by atoms with Gasteiger partial charge in [-0.05, 0) is 5.56 Å². The van der Waals surface area contributed by atoms with Crippen molar-refractivity contribution in [2.24, 2.45) is 0 Å². The molecular weight excluding hydrogens is 163 g/mol. The molecule has 0 saturated carbocycles. The second kappa shape index (κ2) is 6.11. The van der Waals surface area contributed by atoms with Crippen LogP contribution in [-0.4, -0.2) is 0 Å². The molecule has 0 aromatic heterocycles. The molecule has 0 spiro atoms. The quantitative estimate of drug-likeness (QED) is 0.482. The summed E-state index contributed by atoms with van der Waals surface area (Å²) < 4.78 is 0. The van der Waals surface area contributed by atoms with Gasteiger partial charge in [-0.3, -0.25) is 0 Å². The van der Waals surface area contributed by atoms with Crippen molar-refractivity contribution in [2.45, 2.75) is 6.61 Å². The van der Waals surface area contributed by atoms with Gasteiger partial charge >= 0.3 is 51.4 Å². The molecule has 11 heavy (non-hydrogen) atoms. The van der Waals surface area contributed by atoms with Crippen molar-refractivity contribution in [1.29, 1.82) is 0 Å². The Morgan fingerprint density at radius 1 is 1.27 bits per heavy atom. The maximum absolute atomic E-state index is 10.3. The summed E-state index contributed by atoms with van der Waals surface area (Å²) >= 11 is 0. The molecule has 0 heterocycles. The van der Waals surface area contributed by atoms with Gasteiger partial charge in [-0.25, -0.2) is 0 Å². The fourth-order valence-electron chi connectivity index (χ4n) is 0.750. The zero-order valence-electron chi connectivity index (χ0n) is 6.71. The van der Waals surface area contributed by atoms with Gasteiger partial charge in [0.1, 0.15) is 0 Å². The van der Waals surface area contributed by atoms with Crippen LogP contribution in [0.25, 0.3) is 6.08 Å². The topological polar surface area (TPSA) is 23.1 Å². The smallest absolute Gasteiger partial charge is 0.851 e. The maximum atomic E-state index is 10.3. The van der Waals surface area contributed by atoms with Gasteiger partial charge in [0, 0.05) is 0 Å². The minimum Gasteiger partial charge on any atom is -0.851 e. The van der Waals surface area contributed by atoms with E-state index >= 15 is 0 Å². The van der Waals surface area contributed by atoms with Gasteiger partial charge in [0.05, 0.1) is 0 Å². The maximum Gasteiger partial charge on any atom is 1.00 e. The molecule has 0 atom stereocenters. The summed E-state index contributed by atoms with van der Waals surface area (Å²) in [5.41, 5.74) is 1.88. The third-order valence-corrected chi connectivity index (χ3v) is 1.38. The van der Waals surface area contributed by atoms with E-state index < -0.39 is 0 Å². The molecule has 0 radical (unpaired) electrons. The van der Waals surface area contributed by atoms with Gasteiger partial charge < -0.3 is 5.11 Å².